The van der Waals surface area contributed by atoms with Gasteiger partial charge < -0.3 is 10.6 Å². The number of hydrogen-bond donors (Lipinski definition) is 2. The molecule has 0 fully saturated rings. The Hall–Kier alpha value is -2.36. The molecule has 0 aliphatic rings. The third-order valence-electron chi connectivity index (χ3n) is 3.05. The number of carbonyl (C=O) groups excluding carboxylic acids is 1. The highest BCUT2D eigenvalue weighted by Gasteiger charge is 2.12. The molecule has 0 aromatic heterocycles. The monoisotopic (exact) mass is 286 g/mol. The van der Waals surface area contributed by atoms with E-state index in [0.29, 0.717) is 16.8 Å². The van der Waals surface area contributed by atoms with Crippen molar-refractivity contribution in [3.8, 4) is 0 Å². The molecule has 0 heterocycles. The summed E-state index contributed by atoms with van der Waals surface area (Å²) in [6, 6.07) is 11.9. The van der Waals surface area contributed by atoms with Crippen LogP contribution in [0.25, 0.3) is 0 Å². The molecule has 0 radical (unpaired) electrons. The van der Waals surface area contributed by atoms with E-state index >= 15 is 0 Å². The van der Waals surface area contributed by atoms with Crippen LogP contribution in [0, 0.1) is 12.7 Å². The van der Waals surface area contributed by atoms with E-state index in [2.05, 4.69) is 10.6 Å². The Labute approximate surface area is 124 Å². The molecule has 2 N–H and O–H groups in total. The van der Waals surface area contributed by atoms with E-state index in [1.54, 1.807) is 19.1 Å². The maximum atomic E-state index is 13.1. The Balaban J connectivity index is 2.24. The lowest BCUT2D eigenvalue weighted by Gasteiger charge is -2.15. The zero-order chi connectivity index (χ0) is 15.4. The van der Waals surface area contributed by atoms with E-state index in [-0.39, 0.29) is 17.8 Å². The van der Waals surface area contributed by atoms with Gasteiger partial charge in [-0.2, -0.15) is 0 Å². The molecule has 1 amide bonds. The number of para-hydroxylation sites is 1. The molecule has 2 aromatic carbocycles. The first-order valence-corrected chi connectivity index (χ1v) is 6.90. The number of anilines is 2. The fraction of sp³-hybridized carbons (Fsp3) is 0.235. The van der Waals surface area contributed by atoms with Gasteiger partial charge in [0.25, 0.3) is 5.91 Å². The average molecular weight is 286 g/mol. The molecule has 110 valence electrons. The Morgan fingerprint density at radius 2 is 1.81 bits per heavy atom. The van der Waals surface area contributed by atoms with E-state index in [0.717, 1.165) is 5.69 Å². The molecule has 0 saturated carbocycles. The summed E-state index contributed by atoms with van der Waals surface area (Å²) >= 11 is 0. The predicted octanol–water partition coefficient (Wildman–Crippen LogP) is 4.21. The summed E-state index contributed by atoms with van der Waals surface area (Å²) in [5.74, 6) is -0.527. The van der Waals surface area contributed by atoms with Gasteiger partial charge in [-0.05, 0) is 56.7 Å². The normalized spacial score (nSPS) is 10.5. The van der Waals surface area contributed by atoms with E-state index in [1.165, 1.54) is 12.1 Å². The molecule has 0 aliphatic heterocycles. The highest BCUT2D eigenvalue weighted by molar-refractivity contribution is 6.08. The van der Waals surface area contributed by atoms with Gasteiger partial charge in [0.05, 0.1) is 5.56 Å². The molecular formula is C17H19FN2O. The number of halogens is 1. The van der Waals surface area contributed by atoms with Crippen LogP contribution in [0.5, 0.6) is 0 Å². The first-order valence-electron chi connectivity index (χ1n) is 6.90. The second kappa shape index (κ2) is 6.39. The van der Waals surface area contributed by atoms with Crippen LogP contribution in [0.4, 0.5) is 15.8 Å². The SMILES string of the molecule is Cc1cc(F)ccc1NC(=O)c1ccccc1NC(C)C. The summed E-state index contributed by atoms with van der Waals surface area (Å²) in [6.07, 6.45) is 0. The minimum Gasteiger partial charge on any atom is -0.382 e. The standard InChI is InChI=1S/C17H19FN2O/c1-11(2)19-16-7-5-4-6-14(16)17(21)20-15-9-8-13(18)10-12(15)3/h4-11,19H,1-3H3,(H,20,21). The first-order chi connectivity index (χ1) is 9.97. The van der Waals surface area contributed by atoms with Crippen molar-refractivity contribution in [2.24, 2.45) is 0 Å². The minimum absolute atomic E-state index is 0.214. The van der Waals surface area contributed by atoms with Gasteiger partial charge in [-0.25, -0.2) is 4.39 Å². The van der Waals surface area contributed by atoms with Gasteiger partial charge >= 0.3 is 0 Å². The summed E-state index contributed by atoms with van der Waals surface area (Å²) in [5.41, 5.74) is 2.65. The van der Waals surface area contributed by atoms with E-state index in [9.17, 15) is 9.18 Å². The van der Waals surface area contributed by atoms with Crippen LogP contribution >= 0.6 is 0 Å². The molecule has 0 unspecified atom stereocenters. The largest absolute Gasteiger partial charge is 0.382 e. The zero-order valence-corrected chi connectivity index (χ0v) is 12.4. The van der Waals surface area contributed by atoms with Crippen molar-refractivity contribution in [1.29, 1.82) is 0 Å². The van der Waals surface area contributed by atoms with Crippen molar-refractivity contribution in [2.75, 3.05) is 10.6 Å². The third-order valence-corrected chi connectivity index (χ3v) is 3.05. The number of nitrogens with one attached hydrogen (secondary N) is 2. The Kier molecular flexibility index (Phi) is 4.58. The maximum absolute atomic E-state index is 13.1. The molecule has 0 spiro atoms. The van der Waals surface area contributed by atoms with E-state index in [1.807, 2.05) is 32.0 Å². The molecule has 0 saturated heterocycles. The van der Waals surface area contributed by atoms with Gasteiger partial charge in [0, 0.05) is 17.4 Å². The maximum Gasteiger partial charge on any atom is 0.257 e. The van der Waals surface area contributed by atoms with E-state index < -0.39 is 0 Å². The molecule has 0 atom stereocenters. The van der Waals surface area contributed by atoms with Crippen molar-refractivity contribution in [1.82, 2.24) is 0 Å². The predicted molar refractivity (Wildman–Crippen MR) is 84.3 cm³/mol. The molecule has 0 aliphatic carbocycles. The molecule has 0 bridgehead atoms. The molecule has 3 nitrogen and oxygen atoms in total. The fourth-order valence-corrected chi connectivity index (χ4v) is 2.07. The highest BCUT2D eigenvalue weighted by atomic mass is 19.1. The van der Waals surface area contributed by atoms with Gasteiger partial charge in [0.2, 0.25) is 0 Å². The molecule has 4 heteroatoms. The second-order valence-electron chi connectivity index (χ2n) is 5.26. The Bertz CT molecular complexity index is 653. The lowest BCUT2D eigenvalue weighted by atomic mass is 10.1. The van der Waals surface area contributed by atoms with Gasteiger partial charge in [-0.15, -0.1) is 0 Å². The van der Waals surface area contributed by atoms with Gasteiger partial charge in [0.1, 0.15) is 5.82 Å². The summed E-state index contributed by atoms with van der Waals surface area (Å²) in [7, 11) is 0. The minimum atomic E-state index is -0.313. The number of rotatable bonds is 4. The van der Waals surface area contributed by atoms with Crippen molar-refractivity contribution in [2.45, 2.75) is 26.8 Å². The van der Waals surface area contributed by atoms with Crippen LogP contribution in [0.15, 0.2) is 42.5 Å². The number of benzene rings is 2. The smallest absolute Gasteiger partial charge is 0.257 e. The molecule has 2 rings (SSSR count). The van der Waals surface area contributed by atoms with Crippen molar-refractivity contribution >= 4 is 17.3 Å². The molecule has 21 heavy (non-hydrogen) atoms. The van der Waals surface area contributed by atoms with Crippen LogP contribution in [-0.2, 0) is 0 Å². The van der Waals surface area contributed by atoms with Crippen LogP contribution in [-0.4, -0.2) is 11.9 Å². The number of carbonyl (C=O) groups is 1. The van der Waals surface area contributed by atoms with Crippen LogP contribution < -0.4 is 10.6 Å². The number of hydrogen-bond acceptors (Lipinski definition) is 2. The van der Waals surface area contributed by atoms with Crippen LogP contribution in [0.3, 0.4) is 0 Å². The van der Waals surface area contributed by atoms with Crippen molar-refractivity contribution in [3.05, 3.63) is 59.4 Å². The van der Waals surface area contributed by atoms with Gasteiger partial charge in [-0.3, -0.25) is 4.79 Å². The third kappa shape index (κ3) is 3.81. The zero-order valence-electron chi connectivity index (χ0n) is 12.4. The quantitative estimate of drug-likeness (QED) is 0.884. The van der Waals surface area contributed by atoms with Crippen molar-refractivity contribution in [3.63, 3.8) is 0 Å². The lowest BCUT2D eigenvalue weighted by molar-refractivity contribution is 0.102. The van der Waals surface area contributed by atoms with Crippen LogP contribution in [0.1, 0.15) is 29.8 Å². The molecular weight excluding hydrogens is 267 g/mol. The Morgan fingerprint density at radius 3 is 2.48 bits per heavy atom. The topological polar surface area (TPSA) is 41.1 Å². The van der Waals surface area contributed by atoms with Crippen molar-refractivity contribution < 1.29 is 9.18 Å². The summed E-state index contributed by atoms with van der Waals surface area (Å²) in [6.45, 7) is 5.79. The fourth-order valence-electron chi connectivity index (χ4n) is 2.07. The number of aryl methyl sites for hydroxylation is 1. The van der Waals surface area contributed by atoms with Crippen LogP contribution in [0.2, 0.25) is 0 Å². The Morgan fingerprint density at radius 1 is 1.10 bits per heavy atom. The molecule has 2 aromatic rings. The average Bonchev–Trinajstić information content (AvgIpc) is 2.42. The summed E-state index contributed by atoms with van der Waals surface area (Å²) in [4.78, 5) is 12.4. The van der Waals surface area contributed by atoms with E-state index in [4.69, 9.17) is 0 Å². The van der Waals surface area contributed by atoms with Gasteiger partial charge in [0.15, 0.2) is 0 Å². The summed E-state index contributed by atoms with van der Waals surface area (Å²) in [5, 5.41) is 6.06. The highest BCUT2D eigenvalue weighted by Crippen LogP contribution is 2.20. The summed E-state index contributed by atoms with van der Waals surface area (Å²) < 4.78 is 13.1. The first kappa shape index (κ1) is 15.0. The number of amides is 1. The van der Waals surface area contributed by atoms with Gasteiger partial charge in [-0.1, -0.05) is 12.1 Å². The second-order valence-corrected chi connectivity index (χ2v) is 5.26. The lowest BCUT2D eigenvalue weighted by Crippen LogP contribution is -2.18.